The van der Waals surface area contributed by atoms with Crippen LogP contribution in [0.3, 0.4) is 0 Å². The summed E-state index contributed by atoms with van der Waals surface area (Å²) in [5.74, 6) is 0. The van der Waals surface area contributed by atoms with Crippen molar-refractivity contribution in [1.82, 2.24) is 4.98 Å². The maximum Gasteiger partial charge on any atom is 0.0456 e. The zero-order valence-electron chi connectivity index (χ0n) is 6.81. The molecule has 1 nitrogen and oxygen atoms in total. The molecule has 0 fully saturated rings. The van der Waals surface area contributed by atoms with E-state index in [0.29, 0.717) is 0 Å². The Labute approximate surface area is 66.1 Å². The molecule has 1 aromatic carbocycles. The fraction of sp³-hybridized carbons (Fsp3) is 0.200. The molecule has 56 valence electrons. The minimum Gasteiger partial charge on any atom is -0.361 e. The van der Waals surface area contributed by atoms with Crippen LogP contribution >= 0.6 is 0 Å². The van der Waals surface area contributed by atoms with Crippen molar-refractivity contribution >= 4 is 10.9 Å². The van der Waals surface area contributed by atoms with Gasteiger partial charge in [0, 0.05) is 11.7 Å². The lowest BCUT2D eigenvalue weighted by atomic mass is 10.1. The van der Waals surface area contributed by atoms with Gasteiger partial charge in [-0.1, -0.05) is 0 Å². The smallest absolute Gasteiger partial charge is 0.0456 e. The number of nitrogens with one attached hydrogen (secondary N) is 1. The number of benzene rings is 1. The van der Waals surface area contributed by atoms with Crippen LogP contribution in [0.5, 0.6) is 0 Å². The van der Waals surface area contributed by atoms with Gasteiger partial charge in [-0.3, -0.25) is 0 Å². The predicted molar refractivity (Wildman–Crippen MR) is 47.8 cm³/mol. The van der Waals surface area contributed by atoms with Crippen LogP contribution in [-0.4, -0.2) is 4.98 Å². The van der Waals surface area contributed by atoms with Gasteiger partial charge < -0.3 is 4.98 Å². The molecule has 0 aliphatic carbocycles. The van der Waals surface area contributed by atoms with E-state index in [0.717, 1.165) is 0 Å². The summed E-state index contributed by atoms with van der Waals surface area (Å²) in [5, 5.41) is 1.30. The number of hydrogen-bond donors (Lipinski definition) is 1. The lowest BCUT2D eigenvalue weighted by Crippen LogP contribution is -1.79. The van der Waals surface area contributed by atoms with Crippen molar-refractivity contribution in [3.05, 3.63) is 35.5 Å². The van der Waals surface area contributed by atoms with Crippen molar-refractivity contribution in [3.8, 4) is 0 Å². The zero-order valence-corrected chi connectivity index (χ0v) is 6.81. The molecule has 0 bridgehead atoms. The number of fused-ring (bicyclic) bond motifs is 1. The van der Waals surface area contributed by atoms with Crippen LogP contribution in [0.15, 0.2) is 24.4 Å². The number of rotatable bonds is 0. The molecule has 0 aliphatic rings. The van der Waals surface area contributed by atoms with Crippen molar-refractivity contribution in [3.63, 3.8) is 0 Å². The first-order chi connectivity index (χ1) is 5.27. The molecule has 1 heterocycles. The van der Waals surface area contributed by atoms with Crippen LogP contribution in [0.1, 0.15) is 11.1 Å². The molecule has 2 rings (SSSR count). The van der Waals surface area contributed by atoms with Crippen LogP contribution in [-0.2, 0) is 0 Å². The van der Waals surface area contributed by atoms with E-state index in [1.54, 1.807) is 0 Å². The fourth-order valence-corrected chi connectivity index (χ4v) is 1.32. The summed E-state index contributed by atoms with van der Waals surface area (Å²) >= 11 is 0. The Morgan fingerprint density at radius 2 is 1.82 bits per heavy atom. The Bertz CT molecular complexity index is 349. The molecule has 0 atom stereocenters. The molecule has 1 N–H and O–H groups in total. The Morgan fingerprint density at radius 1 is 1.09 bits per heavy atom. The van der Waals surface area contributed by atoms with E-state index < -0.39 is 0 Å². The van der Waals surface area contributed by atoms with Crippen LogP contribution in [0, 0.1) is 13.8 Å². The fourth-order valence-electron chi connectivity index (χ4n) is 1.32. The van der Waals surface area contributed by atoms with E-state index in [9.17, 15) is 0 Å². The van der Waals surface area contributed by atoms with Gasteiger partial charge in [-0.15, -0.1) is 0 Å². The summed E-state index contributed by atoms with van der Waals surface area (Å²) in [6.45, 7) is 4.28. The van der Waals surface area contributed by atoms with Gasteiger partial charge in [-0.2, -0.15) is 0 Å². The maximum atomic E-state index is 3.19. The molecule has 0 unspecified atom stereocenters. The highest BCUT2D eigenvalue weighted by molar-refractivity contribution is 5.80. The van der Waals surface area contributed by atoms with E-state index in [-0.39, 0.29) is 0 Å². The average molecular weight is 145 g/mol. The SMILES string of the molecule is Cc1cc2cc[nH]c2cc1C. The van der Waals surface area contributed by atoms with Crippen molar-refractivity contribution < 1.29 is 0 Å². The molecular weight excluding hydrogens is 134 g/mol. The second-order valence-corrected chi connectivity index (χ2v) is 3.00. The molecule has 11 heavy (non-hydrogen) atoms. The number of aryl methyl sites for hydroxylation is 2. The highest BCUT2D eigenvalue weighted by atomic mass is 14.7. The van der Waals surface area contributed by atoms with Crippen molar-refractivity contribution in [1.29, 1.82) is 0 Å². The molecule has 1 aromatic heterocycles. The third-order valence-corrected chi connectivity index (χ3v) is 2.17. The maximum absolute atomic E-state index is 3.19. The summed E-state index contributed by atoms with van der Waals surface area (Å²) < 4.78 is 0. The first-order valence-electron chi connectivity index (χ1n) is 3.82. The number of aromatic nitrogens is 1. The molecule has 0 amide bonds. The first-order valence-corrected chi connectivity index (χ1v) is 3.82. The van der Waals surface area contributed by atoms with Gasteiger partial charge in [-0.05, 0) is 48.6 Å². The summed E-state index contributed by atoms with van der Waals surface area (Å²) in [6.07, 6.45) is 1.98. The Balaban J connectivity index is 2.86. The van der Waals surface area contributed by atoms with Crippen molar-refractivity contribution in [2.75, 3.05) is 0 Å². The molecule has 2 aromatic rings. The van der Waals surface area contributed by atoms with E-state index in [1.807, 2.05) is 6.20 Å². The summed E-state index contributed by atoms with van der Waals surface area (Å²) in [6, 6.07) is 6.49. The van der Waals surface area contributed by atoms with Crippen molar-refractivity contribution in [2.45, 2.75) is 13.8 Å². The van der Waals surface area contributed by atoms with Gasteiger partial charge in [-0.25, -0.2) is 0 Å². The quantitative estimate of drug-likeness (QED) is 0.586. The van der Waals surface area contributed by atoms with Crippen LogP contribution in [0.25, 0.3) is 10.9 Å². The normalized spacial score (nSPS) is 10.7. The number of hydrogen-bond acceptors (Lipinski definition) is 0. The van der Waals surface area contributed by atoms with E-state index in [2.05, 4.69) is 37.0 Å². The summed E-state index contributed by atoms with van der Waals surface area (Å²) in [5.41, 5.74) is 3.94. The van der Waals surface area contributed by atoms with Gasteiger partial charge >= 0.3 is 0 Å². The van der Waals surface area contributed by atoms with Gasteiger partial charge in [0.15, 0.2) is 0 Å². The molecule has 0 radical (unpaired) electrons. The van der Waals surface area contributed by atoms with Crippen LogP contribution in [0.2, 0.25) is 0 Å². The zero-order chi connectivity index (χ0) is 7.84. The Hall–Kier alpha value is -1.24. The molecule has 0 aliphatic heterocycles. The van der Waals surface area contributed by atoms with E-state index in [4.69, 9.17) is 0 Å². The second-order valence-electron chi connectivity index (χ2n) is 3.00. The second kappa shape index (κ2) is 2.12. The first kappa shape index (κ1) is 6.47. The minimum atomic E-state index is 1.23. The molecular formula is C10H11N. The monoisotopic (exact) mass is 145 g/mol. The summed E-state index contributed by atoms with van der Waals surface area (Å²) in [4.78, 5) is 3.19. The highest BCUT2D eigenvalue weighted by Crippen LogP contribution is 2.17. The highest BCUT2D eigenvalue weighted by Gasteiger charge is 1.96. The van der Waals surface area contributed by atoms with Gasteiger partial charge in [0.05, 0.1) is 0 Å². The van der Waals surface area contributed by atoms with Crippen LogP contribution < -0.4 is 0 Å². The third-order valence-electron chi connectivity index (χ3n) is 2.17. The largest absolute Gasteiger partial charge is 0.361 e. The van der Waals surface area contributed by atoms with E-state index in [1.165, 1.54) is 22.0 Å². The van der Waals surface area contributed by atoms with Gasteiger partial charge in [0.1, 0.15) is 0 Å². The standard InChI is InChI=1S/C10H11N/c1-7-5-9-3-4-11-10(9)6-8(7)2/h3-6,11H,1-2H3. The predicted octanol–water partition coefficient (Wildman–Crippen LogP) is 2.78. The Kier molecular flexibility index (Phi) is 1.25. The van der Waals surface area contributed by atoms with Gasteiger partial charge in [0.2, 0.25) is 0 Å². The lowest BCUT2D eigenvalue weighted by Gasteiger charge is -1.98. The lowest BCUT2D eigenvalue weighted by molar-refractivity contribution is 1.35. The average Bonchev–Trinajstić information content (AvgIpc) is 2.36. The molecule has 0 saturated heterocycles. The number of H-pyrrole nitrogens is 1. The minimum absolute atomic E-state index is 1.23. The van der Waals surface area contributed by atoms with Crippen molar-refractivity contribution in [2.24, 2.45) is 0 Å². The van der Waals surface area contributed by atoms with E-state index >= 15 is 0 Å². The van der Waals surface area contributed by atoms with Crippen LogP contribution in [0.4, 0.5) is 0 Å². The Morgan fingerprint density at radius 3 is 2.64 bits per heavy atom. The molecule has 1 heteroatoms. The molecule has 0 spiro atoms. The third kappa shape index (κ3) is 0.929. The summed E-state index contributed by atoms with van der Waals surface area (Å²) in [7, 11) is 0. The van der Waals surface area contributed by atoms with Gasteiger partial charge in [0.25, 0.3) is 0 Å². The topological polar surface area (TPSA) is 15.8 Å². The molecule has 0 saturated carbocycles. The number of aromatic amines is 1.